The SMILES string of the molecule is CCCCC1=C(c2ccc(C(CN)Cc3ccc(OCCOc4c(Cl)cc(C)cc4Cl)cc3)c(C)c2)CCC=C1. The lowest BCUT2D eigenvalue weighted by Gasteiger charge is -2.21. The topological polar surface area (TPSA) is 44.5 Å². The second kappa shape index (κ2) is 14.8. The minimum Gasteiger partial charge on any atom is -0.490 e. The fourth-order valence-electron chi connectivity index (χ4n) is 5.42. The van der Waals surface area contributed by atoms with Gasteiger partial charge in [-0.3, -0.25) is 0 Å². The summed E-state index contributed by atoms with van der Waals surface area (Å²) in [6.07, 6.45) is 11.4. The fourth-order valence-corrected chi connectivity index (χ4v) is 6.13. The molecule has 2 N–H and O–H groups in total. The van der Waals surface area contributed by atoms with Gasteiger partial charge in [-0.2, -0.15) is 0 Å². The number of hydrogen-bond acceptors (Lipinski definition) is 3. The molecule has 5 heteroatoms. The second-order valence-corrected chi connectivity index (χ2v) is 11.5. The summed E-state index contributed by atoms with van der Waals surface area (Å²) >= 11 is 12.5. The predicted molar refractivity (Wildman–Crippen MR) is 170 cm³/mol. The van der Waals surface area contributed by atoms with Crippen LogP contribution in [0.4, 0.5) is 0 Å². The lowest BCUT2D eigenvalue weighted by molar-refractivity contribution is 0.217. The summed E-state index contributed by atoms with van der Waals surface area (Å²) < 4.78 is 11.6. The normalized spacial score (nSPS) is 13.9. The number of unbranched alkanes of at least 4 members (excludes halogenated alkanes) is 1. The van der Waals surface area contributed by atoms with Gasteiger partial charge in [-0.25, -0.2) is 0 Å². The van der Waals surface area contributed by atoms with Crippen LogP contribution < -0.4 is 15.2 Å². The van der Waals surface area contributed by atoms with Gasteiger partial charge in [0, 0.05) is 5.92 Å². The van der Waals surface area contributed by atoms with Crippen molar-refractivity contribution >= 4 is 28.8 Å². The highest BCUT2D eigenvalue weighted by Gasteiger charge is 2.17. The van der Waals surface area contributed by atoms with Crippen molar-refractivity contribution in [2.24, 2.45) is 5.73 Å². The Morgan fingerprint density at radius 3 is 2.33 bits per heavy atom. The molecule has 212 valence electrons. The molecule has 0 aromatic heterocycles. The number of ether oxygens (including phenoxy) is 2. The van der Waals surface area contributed by atoms with Crippen LogP contribution in [0, 0.1) is 13.8 Å². The summed E-state index contributed by atoms with van der Waals surface area (Å²) in [5.74, 6) is 1.55. The lowest BCUT2D eigenvalue weighted by Crippen LogP contribution is -2.16. The molecule has 0 saturated heterocycles. The molecule has 1 aliphatic carbocycles. The molecule has 0 spiro atoms. The first-order valence-electron chi connectivity index (χ1n) is 14.4. The lowest BCUT2D eigenvalue weighted by atomic mass is 9.84. The Morgan fingerprint density at radius 2 is 1.65 bits per heavy atom. The van der Waals surface area contributed by atoms with E-state index in [0.29, 0.717) is 35.6 Å². The van der Waals surface area contributed by atoms with Crippen LogP contribution in [0.5, 0.6) is 11.5 Å². The monoisotopic (exact) mass is 577 g/mol. The van der Waals surface area contributed by atoms with Gasteiger partial charge in [-0.1, -0.05) is 79.0 Å². The van der Waals surface area contributed by atoms with Gasteiger partial charge in [0.2, 0.25) is 0 Å². The first-order valence-corrected chi connectivity index (χ1v) is 15.1. The summed E-state index contributed by atoms with van der Waals surface area (Å²) in [7, 11) is 0. The molecule has 0 bridgehead atoms. The molecule has 1 aliphatic rings. The Balaban J connectivity index is 1.35. The third-order valence-corrected chi connectivity index (χ3v) is 8.12. The number of allylic oxidation sites excluding steroid dienone is 4. The van der Waals surface area contributed by atoms with E-state index in [9.17, 15) is 0 Å². The van der Waals surface area contributed by atoms with Crippen molar-refractivity contribution in [1.82, 2.24) is 0 Å². The summed E-state index contributed by atoms with van der Waals surface area (Å²) in [5, 5.41) is 1.02. The van der Waals surface area contributed by atoms with Crippen LogP contribution in [-0.2, 0) is 6.42 Å². The highest BCUT2D eigenvalue weighted by molar-refractivity contribution is 6.37. The van der Waals surface area contributed by atoms with Gasteiger partial charge in [0.25, 0.3) is 0 Å². The quantitative estimate of drug-likeness (QED) is 0.205. The molecule has 0 aliphatic heterocycles. The van der Waals surface area contributed by atoms with E-state index in [2.05, 4.69) is 56.3 Å². The molecule has 4 rings (SSSR count). The van der Waals surface area contributed by atoms with Crippen LogP contribution >= 0.6 is 23.2 Å². The maximum Gasteiger partial charge on any atom is 0.156 e. The van der Waals surface area contributed by atoms with E-state index in [-0.39, 0.29) is 5.92 Å². The third-order valence-electron chi connectivity index (χ3n) is 7.56. The number of benzene rings is 3. The molecule has 3 aromatic rings. The standard InChI is InChI=1S/C35H41Cl2NO2/c1-4-5-8-27-9-6-7-10-32(27)28-13-16-31(25(3)21-28)29(23-38)22-26-11-14-30(15-12-26)39-17-18-40-35-33(36)19-24(2)20-34(35)37/h6,9,11-16,19-21,29H,4-5,7-8,10,17-18,22-23,38H2,1-3H3. The number of aryl methyl sites for hydroxylation is 2. The zero-order valence-electron chi connectivity index (χ0n) is 23.9. The molecular weight excluding hydrogens is 537 g/mol. The van der Waals surface area contributed by atoms with Gasteiger partial charge in [-0.05, 0) is 116 Å². The van der Waals surface area contributed by atoms with E-state index in [0.717, 1.165) is 37.0 Å². The van der Waals surface area contributed by atoms with Crippen molar-refractivity contribution in [1.29, 1.82) is 0 Å². The summed E-state index contributed by atoms with van der Waals surface area (Å²) in [6, 6.07) is 18.9. The van der Waals surface area contributed by atoms with Crippen molar-refractivity contribution in [3.8, 4) is 11.5 Å². The van der Waals surface area contributed by atoms with E-state index in [4.69, 9.17) is 38.4 Å². The Hall–Kier alpha value is -2.72. The maximum absolute atomic E-state index is 6.29. The fraction of sp³-hybridized carbons (Fsp3) is 0.371. The minimum atomic E-state index is 0.262. The van der Waals surface area contributed by atoms with Crippen LogP contribution in [0.3, 0.4) is 0 Å². The molecule has 0 radical (unpaired) electrons. The molecule has 1 atom stereocenters. The van der Waals surface area contributed by atoms with Crippen LogP contribution in [0.1, 0.15) is 72.8 Å². The number of hydrogen-bond donors (Lipinski definition) is 1. The first kappa shape index (κ1) is 30.2. The molecule has 0 fully saturated rings. The average Bonchev–Trinajstić information content (AvgIpc) is 2.95. The van der Waals surface area contributed by atoms with Gasteiger partial charge in [0.15, 0.2) is 5.75 Å². The summed E-state index contributed by atoms with van der Waals surface area (Å²) in [6.45, 7) is 7.77. The van der Waals surface area contributed by atoms with Gasteiger partial charge >= 0.3 is 0 Å². The van der Waals surface area contributed by atoms with Crippen LogP contribution in [-0.4, -0.2) is 19.8 Å². The van der Waals surface area contributed by atoms with E-state index >= 15 is 0 Å². The second-order valence-electron chi connectivity index (χ2n) is 10.7. The number of nitrogens with two attached hydrogens (primary N) is 1. The zero-order chi connectivity index (χ0) is 28.5. The van der Waals surface area contributed by atoms with Crippen molar-refractivity contribution in [2.75, 3.05) is 19.8 Å². The smallest absolute Gasteiger partial charge is 0.156 e. The minimum absolute atomic E-state index is 0.262. The van der Waals surface area contributed by atoms with Crippen molar-refractivity contribution < 1.29 is 9.47 Å². The van der Waals surface area contributed by atoms with Crippen LogP contribution in [0.2, 0.25) is 10.0 Å². The van der Waals surface area contributed by atoms with Crippen LogP contribution in [0.25, 0.3) is 5.57 Å². The molecule has 0 heterocycles. The van der Waals surface area contributed by atoms with Gasteiger partial charge in [-0.15, -0.1) is 0 Å². The molecule has 3 aromatic carbocycles. The Morgan fingerprint density at radius 1 is 0.925 bits per heavy atom. The molecule has 0 saturated carbocycles. The largest absolute Gasteiger partial charge is 0.490 e. The van der Waals surface area contributed by atoms with Crippen molar-refractivity contribution in [2.45, 2.75) is 65.2 Å². The third kappa shape index (κ3) is 7.94. The molecule has 3 nitrogen and oxygen atoms in total. The van der Waals surface area contributed by atoms with Gasteiger partial charge in [0.1, 0.15) is 19.0 Å². The predicted octanol–water partition coefficient (Wildman–Crippen LogP) is 9.65. The van der Waals surface area contributed by atoms with Crippen molar-refractivity contribution in [3.05, 3.63) is 110 Å². The van der Waals surface area contributed by atoms with E-state index in [1.165, 1.54) is 46.2 Å². The van der Waals surface area contributed by atoms with Gasteiger partial charge in [0.05, 0.1) is 10.0 Å². The average molecular weight is 579 g/mol. The highest BCUT2D eigenvalue weighted by Crippen LogP contribution is 2.35. The number of halogens is 2. The molecule has 40 heavy (non-hydrogen) atoms. The first-order chi connectivity index (χ1) is 19.4. The Kier molecular flexibility index (Phi) is 11.2. The summed E-state index contributed by atoms with van der Waals surface area (Å²) in [5.41, 5.74) is 15.6. The Bertz CT molecular complexity index is 1320. The maximum atomic E-state index is 6.29. The van der Waals surface area contributed by atoms with Crippen molar-refractivity contribution in [3.63, 3.8) is 0 Å². The van der Waals surface area contributed by atoms with E-state index in [1.807, 2.05) is 31.2 Å². The summed E-state index contributed by atoms with van der Waals surface area (Å²) in [4.78, 5) is 0. The molecule has 1 unspecified atom stereocenters. The molecular formula is C35H41Cl2NO2. The van der Waals surface area contributed by atoms with E-state index in [1.54, 1.807) is 0 Å². The number of rotatable bonds is 13. The zero-order valence-corrected chi connectivity index (χ0v) is 25.5. The van der Waals surface area contributed by atoms with E-state index < -0.39 is 0 Å². The van der Waals surface area contributed by atoms with Crippen LogP contribution in [0.15, 0.2) is 72.3 Å². The highest BCUT2D eigenvalue weighted by atomic mass is 35.5. The molecule has 0 amide bonds. The Labute approximate surface area is 250 Å². The van der Waals surface area contributed by atoms with Gasteiger partial charge < -0.3 is 15.2 Å².